The summed E-state index contributed by atoms with van der Waals surface area (Å²) < 4.78 is 44.7. The van der Waals surface area contributed by atoms with Crippen LogP contribution in [0.15, 0.2) is 24.4 Å². The van der Waals surface area contributed by atoms with Crippen LogP contribution >= 0.6 is 0 Å². The van der Waals surface area contributed by atoms with Crippen molar-refractivity contribution in [3.8, 4) is 11.4 Å². The van der Waals surface area contributed by atoms with Crippen LogP contribution in [0.1, 0.15) is 41.6 Å². The van der Waals surface area contributed by atoms with Crippen molar-refractivity contribution >= 4 is 5.97 Å². The van der Waals surface area contributed by atoms with Gasteiger partial charge in [-0.2, -0.15) is 18.3 Å². The molecule has 0 saturated heterocycles. The molecular weight excluding hydrogens is 341 g/mol. The van der Waals surface area contributed by atoms with E-state index in [1.807, 2.05) is 0 Å². The molecule has 1 aromatic heterocycles. The van der Waals surface area contributed by atoms with E-state index in [1.165, 1.54) is 29.9 Å². The zero-order valence-corrected chi connectivity index (χ0v) is 13.7. The van der Waals surface area contributed by atoms with Crippen molar-refractivity contribution in [1.29, 1.82) is 0 Å². The molecule has 25 heavy (non-hydrogen) atoms. The van der Waals surface area contributed by atoms with E-state index in [-0.39, 0.29) is 5.69 Å². The minimum Gasteiger partial charge on any atom is -0.478 e. The second-order valence-electron chi connectivity index (χ2n) is 5.58. The van der Waals surface area contributed by atoms with Crippen molar-refractivity contribution < 1.29 is 32.9 Å². The Labute approximate surface area is 141 Å². The van der Waals surface area contributed by atoms with Gasteiger partial charge in [0.15, 0.2) is 11.9 Å². The van der Waals surface area contributed by atoms with E-state index in [0.29, 0.717) is 11.3 Å². The number of rotatable bonds is 5. The van der Waals surface area contributed by atoms with Crippen LogP contribution in [0.25, 0.3) is 5.69 Å². The maximum atomic E-state index is 12.8. The third kappa shape index (κ3) is 3.93. The zero-order chi connectivity index (χ0) is 18.9. The molecule has 0 bridgehead atoms. The number of nitrogens with zero attached hydrogens (tertiary/aromatic N) is 2. The predicted molar refractivity (Wildman–Crippen MR) is 82.0 cm³/mol. The van der Waals surface area contributed by atoms with Crippen molar-refractivity contribution in [2.75, 3.05) is 0 Å². The standard InChI is InChI=1S/C16H17F3N2O4/c1-8-7-21(20-13(8)9(2)22)12-6-4-5-11(15(23)24)14(12)25-10(3)16(17,18)19/h4-7,9-10,22H,1-3H3,(H,23,24)/t9-,10+/m1/s1. The quantitative estimate of drug-likeness (QED) is 0.857. The van der Waals surface area contributed by atoms with E-state index in [1.54, 1.807) is 6.92 Å². The molecule has 0 amide bonds. The maximum Gasteiger partial charge on any atom is 0.425 e. The van der Waals surface area contributed by atoms with Gasteiger partial charge in [-0.1, -0.05) is 6.07 Å². The second-order valence-corrected chi connectivity index (χ2v) is 5.58. The largest absolute Gasteiger partial charge is 0.478 e. The molecule has 2 rings (SSSR count). The number of carboxylic acids is 1. The first-order chi connectivity index (χ1) is 11.5. The Morgan fingerprint density at radius 1 is 1.32 bits per heavy atom. The number of aromatic carboxylic acids is 1. The van der Waals surface area contributed by atoms with E-state index < -0.39 is 35.7 Å². The number of aryl methyl sites for hydroxylation is 1. The fraction of sp³-hybridized carbons (Fsp3) is 0.375. The van der Waals surface area contributed by atoms with Crippen LogP contribution in [-0.4, -0.2) is 38.2 Å². The summed E-state index contributed by atoms with van der Waals surface area (Å²) in [5.41, 5.74) is 0.549. The summed E-state index contributed by atoms with van der Waals surface area (Å²) >= 11 is 0. The Bertz CT molecular complexity index is 784. The normalized spacial score (nSPS) is 14.2. The van der Waals surface area contributed by atoms with Gasteiger partial charge in [-0.25, -0.2) is 9.48 Å². The van der Waals surface area contributed by atoms with Crippen molar-refractivity contribution in [2.24, 2.45) is 0 Å². The van der Waals surface area contributed by atoms with Gasteiger partial charge in [0, 0.05) is 6.20 Å². The minimum atomic E-state index is -4.66. The number of carboxylic acid groups (broad SMARTS) is 1. The van der Waals surface area contributed by atoms with Crippen molar-refractivity contribution in [3.63, 3.8) is 0 Å². The monoisotopic (exact) mass is 358 g/mol. The summed E-state index contributed by atoms with van der Waals surface area (Å²) in [5, 5.41) is 23.1. The summed E-state index contributed by atoms with van der Waals surface area (Å²) in [6.45, 7) is 3.96. The highest BCUT2D eigenvalue weighted by Gasteiger charge is 2.39. The first-order valence-corrected chi connectivity index (χ1v) is 7.36. The van der Waals surface area contributed by atoms with Crippen molar-refractivity contribution in [3.05, 3.63) is 41.2 Å². The van der Waals surface area contributed by atoms with E-state index in [4.69, 9.17) is 4.74 Å². The van der Waals surface area contributed by atoms with Gasteiger partial charge >= 0.3 is 12.1 Å². The number of benzene rings is 1. The van der Waals surface area contributed by atoms with Crippen LogP contribution in [0, 0.1) is 6.92 Å². The Morgan fingerprint density at radius 2 is 1.96 bits per heavy atom. The van der Waals surface area contributed by atoms with Gasteiger partial charge in [-0.3, -0.25) is 0 Å². The fourth-order valence-electron chi connectivity index (χ4n) is 2.25. The Hall–Kier alpha value is -2.55. The van der Waals surface area contributed by atoms with E-state index in [9.17, 15) is 28.2 Å². The molecule has 0 aliphatic heterocycles. The minimum absolute atomic E-state index is 0.0333. The topological polar surface area (TPSA) is 84.6 Å². The number of halogens is 3. The van der Waals surface area contributed by atoms with Gasteiger partial charge in [0.1, 0.15) is 11.3 Å². The summed E-state index contributed by atoms with van der Waals surface area (Å²) in [6.07, 6.45) is -6.27. The molecular formula is C16H17F3N2O4. The average Bonchev–Trinajstić information content (AvgIpc) is 2.88. The number of ether oxygens (including phenoxy) is 1. The predicted octanol–water partition coefficient (Wildman–Crippen LogP) is 3.26. The third-order valence-electron chi connectivity index (χ3n) is 3.56. The lowest BCUT2D eigenvalue weighted by Crippen LogP contribution is -2.32. The lowest BCUT2D eigenvalue weighted by molar-refractivity contribution is -0.189. The molecule has 2 atom stereocenters. The molecule has 0 radical (unpaired) electrons. The number of para-hydroxylation sites is 1. The van der Waals surface area contributed by atoms with Crippen LogP contribution in [0.5, 0.6) is 5.75 Å². The highest BCUT2D eigenvalue weighted by atomic mass is 19.4. The maximum absolute atomic E-state index is 12.8. The first-order valence-electron chi connectivity index (χ1n) is 7.36. The number of aliphatic hydroxyl groups excluding tert-OH is 1. The summed E-state index contributed by atoms with van der Waals surface area (Å²) in [6, 6.07) is 3.92. The summed E-state index contributed by atoms with van der Waals surface area (Å²) in [4.78, 5) is 11.4. The molecule has 9 heteroatoms. The smallest absolute Gasteiger partial charge is 0.425 e. The van der Waals surface area contributed by atoms with Gasteiger partial charge in [0.05, 0.1) is 11.8 Å². The highest BCUT2D eigenvalue weighted by molar-refractivity contribution is 5.92. The van der Waals surface area contributed by atoms with Crippen molar-refractivity contribution in [1.82, 2.24) is 9.78 Å². The van der Waals surface area contributed by atoms with Gasteiger partial charge < -0.3 is 14.9 Å². The van der Waals surface area contributed by atoms with Gasteiger partial charge in [0.25, 0.3) is 0 Å². The average molecular weight is 358 g/mol. The molecule has 0 saturated carbocycles. The molecule has 2 aromatic rings. The molecule has 1 aromatic carbocycles. The number of hydrogen-bond acceptors (Lipinski definition) is 4. The van der Waals surface area contributed by atoms with Crippen LogP contribution in [0.3, 0.4) is 0 Å². The lowest BCUT2D eigenvalue weighted by Gasteiger charge is -2.21. The van der Waals surface area contributed by atoms with Crippen LogP contribution in [0.4, 0.5) is 13.2 Å². The molecule has 6 nitrogen and oxygen atoms in total. The lowest BCUT2D eigenvalue weighted by atomic mass is 10.1. The number of hydrogen-bond donors (Lipinski definition) is 2. The first kappa shape index (κ1) is 18.8. The van der Waals surface area contributed by atoms with Crippen LogP contribution in [-0.2, 0) is 0 Å². The van der Waals surface area contributed by atoms with Gasteiger partial charge in [-0.15, -0.1) is 0 Å². The van der Waals surface area contributed by atoms with Gasteiger partial charge in [-0.05, 0) is 38.5 Å². The van der Waals surface area contributed by atoms with Crippen molar-refractivity contribution in [2.45, 2.75) is 39.2 Å². The van der Waals surface area contributed by atoms with E-state index in [2.05, 4.69) is 5.10 Å². The molecule has 2 N–H and O–H groups in total. The number of aromatic nitrogens is 2. The van der Waals surface area contributed by atoms with Crippen LogP contribution < -0.4 is 4.74 Å². The Morgan fingerprint density at radius 3 is 2.44 bits per heavy atom. The number of aliphatic hydroxyl groups is 1. The Kier molecular flexibility index (Phi) is 5.07. The molecule has 0 unspecified atom stereocenters. The van der Waals surface area contributed by atoms with Gasteiger partial charge in [0.2, 0.25) is 0 Å². The number of carbonyl (C=O) groups is 1. The molecule has 0 aliphatic carbocycles. The molecule has 0 spiro atoms. The van der Waals surface area contributed by atoms with Crippen LogP contribution in [0.2, 0.25) is 0 Å². The number of alkyl halides is 3. The molecule has 136 valence electrons. The Balaban J connectivity index is 2.60. The second kappa shape index (κ2) is 6.75. The molecule has 0 aliphatic rings. The molecule has 0 fully saturated rings. The third-order valence-corrected chi connectivity index (χ3v) is 3.56. The summed E-state index contributed by atoms with van der Waals surface area (Å²) in [7, 11) is 0. The van der Waals surface area contributed by atoms with E-state index >= 15 is 0 Å². The zero-order valence-electron chi connectivity index (χ0n) is 13.7. The highest BCUT2D eigenvalue weighted by Crippen LogP contribution is 2.33. The fourth-order valence-corrected chi connectivity index (χ4v) is 2.25. The SMILES string of the molecule is Cc1cn(-c2cccc(C(=O)O)c2O[C@@H](C)C(F)(F)F)nc1[C@@H](C)O. The van der Waals surface area contributed by atoms with E-state index in [0.717, 1.165) is 13.0 Å². The molecule has 1 heterocycles. The summed E-state index contributed by atoms with van der Waals surface area (Å²) in [5.74, 6) is -1.87.